The lowest BCUT2D eigenvalue weighted by Gasteiger charge is -2.28. The van der Waals surface area contributed by atoms with E-state index in [1.165, 1.54) is 11.1 Å². The molecule has 0 bridgehead atoms. The van der Waals surface area contributed by atoms with Crippen LogP contribution >= 0.6 is 0 Å². The highest BCUT2D eigenvalue weighted by Crippen LogP contribution is 2.33. The highest BCUT2D eigenvalue weighted by atomic mass is 16.1. The van der Waals surface area contributed by atoms with Crippen LogP contribution in [0.1, 0.15) is 100 Å². The third kappa shape index (κ3) is 6.68. The second-order valence-corrected chi connectivity index (χ2v) is 11.7. The molecule has 0 aliphatic rings. The van der Waals surface area contributed by atoms with Crippen molar-refractivity contribution in [2.75, 3.05) is 10.6 Å². The van der Waals surface area contributed by atoms with E-state index >= 15 is 0 Å². The Labute approximate surface area is 222 Å². The van der Waals surface area contributed by atoms with E-state index in [-0.39, 0.29) is 22.6 Å². The predicted molar refractivity (Wildman–Crippen MR) is 156 cm³/mol. The maximum Gasteiger partial charge on any atom is 0.255 e. The standard InChI is InChI=1S/C33H42N2O2/c1-9-31(3,4)29(36)23-11-13-24(14-12-23)30(37)34-27-19-15-25(16-20-27)33(7,8)26-17-21-28(22-18-26)35-32(5,6)10-2/h11-22,35H,9-10H2,1-8H3,(H,34,37). The number of Topliss-reactive ketones (excluding diaryl/α,β-unsaturated/α-hetero) is 1. The van der Waals surface area contributed by atoms with Gasteiger partial charge in [0.15, 0.2) is 5.78 Å². The molecule has 0 saturated heterocycles. The van der Waals surface area contributed by atoms with E-state index in [0.29, 0.717) is 11.1 Å². The fourth-order valence-corrected chi connectivity index (χ4v) is 4.11. The van der Waals surface area contributed by atoms with Gasteiger partial charge in [-0.25, -0.2) is 0 Å². The van der Waals surface area contributed by atoms with Gasteiger partial charge in [0.2, 0.25) is 0 Å². The van der Waals surface area contributed by atoms with Crippen LogP contribution in [0.3, 0.4) is 0 Å². The van der Waals surface area contributed by atoms with E-state index in [9.17, 15) is 9.59 Å². The van der Waals surface area contributed by atoms with Crippen LogP contribution in [0.25, 0.3) is 0 Å². The molecule has 2 N–H and O–H groups in total. The van der Waals surface area contributed by atoms with Gasteiger partial charge >= 0.3 is 0 Å². The molecule has 0 atom stereocenters. The van der Waals surface area contributed by atoms with Gasteiger partial charge in [0, 0.05) is 38.9 Å². The van der Waals surface area contributed by atoms with Crippen LogP contribution in [0, 0.1) is 5.41 Å². The number of hydrogen-bond donors (Lipinski definition) is 2. The molecule has 0 unspecified atom stereocenters. The van der Waals surface area contributed by atoms with Crippen molar-refractivity contribution in [2.24, 2.45) is 5.41 Å². The Hall–Kier alpha value is -3.40. The molecule has 0 fully saturated rings. The molecule has 4 heteroatoms. The summed E-state index contributed by atoms with van der Waals surface area (Å²) in [6.07, 6.45) is 1.81. The van der Waals surface area contributed by atoms with Crippen molar-refractivity contribution in [3.8, 4) is 0 Å². The molecule has 0 aliphatic carbocycles. The Bertz CT molecular complexity index is 1220. The summed E-state index contributed by atoms with van der Waals surface area (Å²) in [5.74, 6) is -0.102. The van der Waals surface area contributed by atoms with E-state index in [4.69, 9.17) is 0 Å². The average Bonchev–Trinajstić information content (AvgIpc) is 2.88. The quantitative estimate of drug-likeness (QED) is 0.276. The number of carbonyl (C=O) groups is 2. The molecule has 37 heavy (non-hydrogen) atoms. The lowest BCUT2D eigenvalue weighted by atomic mass is 9.78. The van der Waals surface area contributed by atoms with E-state index in [1.54, 1.807) is 24.3 Å². The summed E-state index contributed by atoms with van der Waals surface area (Å²) in [7, 11) is 0. The van der Waals surface area contributed by atoms with Crippen LogP contribution in [0.15, 0.2) is 72.8 Å². The molecular weight excluding hydrogens is 456 g/mol. The van der Waals surface area contributed by atoms with Gasteiger partial charge in [-0.05, 0) is 74.2 Å². The average molecular weight is 499 g/mol. The molecule has 0 aromatic heterocycles. The third-order valence-corrected chi connectivity index (χ3v) is 7.75. The molecule has 3 aromatic rings. The first-order valence-corrected chi connectivity index (χ1v) is 13.2. The van der Waals surface area contributed by atoms with Crippen LogP contribution < -0.4 is 10.6 Å². The number of amides is 1. The maximum absolute atomic E-state index is 12.8. The number of anilines is 2. The van der Waals surface area contributed by atoms with Crippen molar-refractivity contribution >= 4 is 23.1 Å². The van der Waals surface area contributed by atoms with Crippen molar-refractivity contribution in [3.05, 3.63) is 95.1 Å². The Balaban J connectivity index is 1.68. The Morgan fingerprint density at radius 2 is 1.08 bits per heavy atom. The van der Waals surface area contributed by atoms with Crippen molar-refractivity contribution < 1.29 is 9.59 Å². The lowest BCUT2D eigenvalue weighted by Crippen LogP contribution is -2.29. The molecule has 3 aromatic carbocycles. The minimum atomic E-state index is -0.413. The third-order valence-electron chi connectivity index (χ3n) is 7.75. The zero-order chi connectivity index (χ0) is 27.4. The fourth-order valence-electron chi connectivity index (χ4n) is 4.11. The highest BCUT2D eigenvalue weighted by Gasteiger charge is 2.27. The molecule has 0 radical (unpaired) electrons. The first-order chi connectivity index (χ1) is 17.3. The van der Waals surface area contributed by atoms with E-state index in [1.807, 2.05) is 32.9 Å². The van der Waals surface area contributed by atoms with Crippen molar-refractivity contribution in [2.45, 2.75) is 79.2 Å². The van der Waals surface area contributed by atoms with Gasteiger partial charge in [-0.3, -0.25) is 9.59 Å². The van der Waals surface area contributed by atoms with E-state index in [2.05, 4.69) is 81.7 Å². The van der Waals surface area contributed by atoms with Crippen LogP contribution in [0.4, 0.5) is 11.4 Å². The van der Waals surface area contributed by atoms with Crippen molar-refractivity contribution in [1.29, 1.82) is 0 Å². The van der Waals surface area contributed by atoms with Crippen LogP contribution in [-0.4, -0.2) is 17.2 Å². The molecule has 3 rings (SSSR count). The number of benzene rings is 3. The number of hydrogen-bond acceptors (Lipinski definition) is 3. The smallest absolute Gasteiger partial charge is 0.255 e. The first kappa shape index (κ1) is 28.2. The second-order valence-electron chi connectivity index (χ2n) is 11.7. The summed E-state index contributed by atoms with van der Waals surface area (Å²) in [6.45, 7) is 16.9. The summed E-state index contributed by atoms with van der Waals surface area (Å²) < 4.78 is 0. The SMILES string of the molecule is CCC(C)(C)Nc1ccc(C(C)(C)c2ccc(NC(=O)c3ccc(C(=O)C(C)(C)CC)cc3)cc2)cc1. The minimum absolute atomic E-state index is 0.0583. The fraction of sp³-hybridized carbons (Fsp3) is 0.394. The van der Waals surface area contributed by atoms with Crippen molar-refractivity contribution in [3.63, 3.8) is 0 Å². The number of nitrogens with one attached hydrogen (secondary N) is 2. The van der Waals surface area contributed by atoms with Gasteiger partial charge in [-0.1, -0.05) is 77.9 Å². The molecule has 196 valence electrons. The highest BCUT2D eigenvalue weighted by molar-refractivity contribution is 6.05. The molecule has 4 nitrogen and oxygen atoms in total. The Morgan fingerprint density at radius 1 is 0.622 bits per heavy atom. The molecular formula is C33H42N2O2. The van der Waals surface area contributed by atoms with Crippen molar-refractivity contribution in [1.82, 2.24) is 0 Å². The van der Waals surface area contributed by atoms with E-state index < -0.39 is 5.41 Å². The molecule has 0 saturated carbocycles. The molecule has 0 aliphatic heterocycles. The summed E-state index contributed by atoms with van der Waals surface area (Å²) >= 11 is 0. The zero-order valence-electron chi connectivity index (χ0n) is 23.7. The largest absolute Gasteiger partial charge is 0.380 e. The minimum Gasteiger partial charge on any atom is -0.380 e. The molecule has 0 heterocycles. The summed E-state index contributed by atoms with van der Waals surface area (Å²) in [4.78, 5) is 25.5. The summed E-state index contributed by atoms with van der Waals surface area (Å²) in [5, 5.41) is 6.56. The van der Waals surface area contributed by atoms with Crippen LogP contribution in [0.5, 0.6) is 0 Å². The Morgan fingerprint density at radius 3 is 1.54 bits per heavy atom. The maximum atomic E-state index is 12.8. The zero-order valence-corrected chi connectivity index (χ0v) is 23.7. The first-order valence-electron chi connectivity index (χ1n) is 13.2. The lowest BCUT2D eigenvalue weighted by molar-refractivity contribution is 0.0832. The van der Waals surface area contributed by atoms with Gasteiger partial charge in [0.05, 0.1) is 0 Å². The predicted octanol–water partition coefficient (Wildman–Crippen LogP) is 8.48. The number of rotatable bonds is 10. The number of carbonyl (C=O) groups excluding carboxylic acids is 2. The van der Waals surface area contributed by atoms with Gasteiger partial charge in [-0.2, -0.15) is 0 Å². The topological polar surface area (TPSA) is 58.2 Å². The normalized spacial score (nSPS) is 12.2. The van der Waals surface area contributed by atoms with Gasteiger partial charge in [0.25, 0.3) is 5.91 Å². The monoisotopic (exact) mass is 498 g/mol. The molecule has 0 spiro atoms. The summed E-state index contributed by atoms with van der Waals surface area (Å²) in [6, 6.07) is 23.6. The van der Waals surface area contributed by atoms with E-state index in [0.717, 1.165) is 24.2 Å². The van der Waals surface area contributed by atoms with Gasteiger partial charge < -0.3 is 10.6 Å². The van der Waals surface area contributed by atoms with Gasteiger partial charge in [-0.15, -0.1) is 0 Å². The van der Waals surface area contributed by atoms with Gasteiger partial charge in [0.1, 0.15) is 0 Å². The molecule has 1 amide bonds. The number of ketones is 1. The summed E-state index contributed by atoms with van der Waals surface area (Å²) in [5.41, 5.74) is 4.87. The second kappa shape index (κ2) is 10.9. The Kier molecular flexibility index (Phi) is 8.32. The van der Waals surface area contributed by atoms with Crippen LogP contribution in [-0.2, 0) is 5.41 Å². The van der Waals surface area contributed by atoms with Crippen LogP contribution in [0.2, 0.25) is 0 Å².